The molecule has 0 unspecified atom stereocenters. The molecule has 0 aromatic heterocycles. The van der Waals surface area contributed by atoms with Crippen molar-refractivity contribution in [3.63, 3.8) is 0 Å². The highest BCUT2D eigenvalue weighted by molar-refractivity contribution is 5.98. The molecule has 18 heteroatoms. The molecular formula is C98H123N3O15. The molecule has 0 saturated heterocycles. The molecular weight excluding hydrogens is 1460 g/mol. The molecule has 5 atom stereocenters. The smallest absolute Gasteiger partial charge is 0.320 e. The van der Waals surface area contributed by atoms with Crippen LogP contribution in [0, 0.1) is 35.5 Å². The monoisotopic (exact) mass is 1580 g/mol. The number of benzene rings is 8. The zero-order valence-electron chi connectivity index (χ0n) is 68.2. The average molecular weight is 1580 g/mol. The van der Waals surface area contributed by atoms with E-state index in [0.29, 0.717) is 75.0 Å². The van der Waals surface area contributed by atoms with Crippen LogP contribution in [-0.2, 0) is 102 Å². The van der Waals surface area contributed by atoms with Gasteiger partial charge in [-0.25, -0.2) is 11.4 Å². The molecule has 0 aliphatic heterocycles. The number of rotatable bonds is 43. The number of aliphatic hydroxyl groups is 1. The summed E-state index contributed by atoms with van der Waals surface area (Å²) in [5, 5.41) is 26.9. The number of nitrogens with one attached hydrogen (secondary N) is 2. The van der Waals surface area contributed by atoms with Crippen LogP contribution in [0.3, 0.4) is 0 Å². The van der Waals surface area contributed by atoms with Crippen LogP contribution in [-0.4, -0.2) is 97.8 Å². The SMILES string of the molecule is C=CC(=O)Nc1ccccc1.C=CC[C@@H](Cc1ccccc1)CC(C(=O)OC)C(=O)OC.C=CC[C@H](CCC(=O)OC)Cc1ccccc1.C=CC[C@H](CO)Cc1ccccc1.COC(=O)CC[C@@H](C/C=C/C(=O)Cc1ccccc1)Cc1ccccc1.NO.O=C(CCC[C@H](CCC(=O)NO)Cc1ccccc1)Cc1ccccc1. The van der Waals surface area contributed by atoms with Crippen molar-refractivity contribution in [3.05, 3.63) is 344 Å². The zero-order chi connectivity index (χ0) is 85.0. The van der Waals surface area contributed by atoms with Crippen LogP contribution in [0.1, 0.15) is 129 Å². The molecule has 0 heterocycles. The Hall–Kier alpha value is -11.5. The molecule has 8 aromatic carbocycles. The molecule has 2 amide bonds. The Morgan fingerprint density at radius 1 is 0.397 bits per heavy atom. The number of hydrogen-bond acceptors (Lipinski definition) is 16. The summed E-state index contributed by atoms with van der Waals surface area (Å²) in [6.07, 6.45) is 25.3. The first-order valence-corrected chi connectivity index (χ1v) is 39.3. The van der Waals surface area contributed by atoms with Gasteiger partial charge in [-0.1, -0.05) is 261 Å². The lowest BCUT2D eigenvalue weighted by atomic mass is 9.87. The van der Waals surface area contributed by atoms with Gasteiger partial charge < -0.3 is 34.6 Å². The lowest BCUT2D eigenvalue weighted by Gasteiger charge is -2.19. The van der Waals surface area contributed by atoms with Crippen molar-refractivity contribution < 1.29 is 72.8 Å². The van der Waals surface area contributed by atoms with E-state index in [-0.39, 0.29) is 47.8 Å². The van der Waals surface area contributed by atoms with E-state index < -0.39 is 17.9 Å². The van der Waals surface area contributed by atoms with Crippen LogP contribution in [0.4, 0.5) is 5.69 Å². The number of ketones is 2. The fourth-order valence-electron chi connectivity index (χ4n) is 12.5. The summed E-state index contributed by atoms with van der Waals surface area (Å²) in [6, 6.07) is 79.7. The first-order valence-electron chi connectivity index (χ1n) is 39.3. The van der Waals surface area contributed by atoms with Crippen molar-refractivity contribution in [3.8, 4) is 0 Å². The zero-order valence-corrected chi connectivity index (χ0v) is 68.2. The van der Waals surface area contributed by atoms with E-state index in [1.54, 1.807) is 17.6 Å². The lowest BCUT2D eigenvalue weighted by molar-refractivity contribution is -0.159. The summed E-state index contributed by atoms with van der Waals surface area (Å²) in [6.45, 7) is 14.8. The highest BCUT2D eigenvalue weighted by atomic mass is 16.5. The Morgan fingerprint density at radius 3 is 1.10 bits per heavy atom. The van der Waals surface area contributed by atoms with Crippen molar-refractivity contribution in [2.24, 2.45) is 41.4 Å². The van der Waals surface area contributed by atoms with Gasteiger partial charge in [-0.15, -0.1) is 19.7 Å². The number of nitrogens with two attached hydrogens (primary N) is 1. The van der Waals surface area contributed by atoms with Gasteiger partial charge in [0.05, 0.1) is 28.4 Å². The number of Topliss-reactive ketones (excluding diaryl/α,β-unsaturated/α-hetero) is 1. The van der Waals surface area contributed by atoms with Crippen LogP contribution < -0.4 is 16.7 Å². The second-order valence-corrected chi connectivity index (χ2v) is 27.6. The summed E-state index contributed by atoms with van der Waals surface area (Å²) < 4.78 is 18.8. The minimum atomic E-state index is -0.881. The number of carbonyl (C=O) groups excluding carboxylic acids is 8. The normalized spacial score (nSPS) is 11.5. The standard InChI is InChI=1S/C23H26O3.C22H27NO3.C17H22O4.C15H20O2.C12H16O.C9H9NO.H3NO/c1-26-23(25)16-15-21(17-19-9-4-2-5-10-19)13-8-14-22(24)18-20-11-6-3-7-12-20;24-21(17-19-10-5-2-6-11-19)13-7-12-20(14-15-22(25)23-26)16-18-8-3-1-4-9-18;1-4-8-14(11-13-9-6-5-7-10-13)12-15(16(18)20-2)17(19)21-3;1-3-7-13(10-11-15(16)17-2)12-14-8-5-4-6-9-14;1-2-6-12(10-13)9-11-7-4-3-5-8-11;1-2-9(11)10-8-6-4-3-5-7-8;1-2/h2-12,14,21H,13,15-18H2,1H3;1-6,8-11,20,26H,7,12-17H2,(H,23,25);4-7,9-10,14-15H,1,8,11-12H2,2-3H3;3-6,8-9,13H,1,7,10-12H2,2H3;2-5,7-8,12-13H,1,6,9-10H2;2-7H,1H2,(H,10,11);2H,1H2/b14-8+;;;;;;/t21-;20-;14-;13-;12-;;/m11010../s1. The van der Waals surface area contributed by atoms with Gasteiger partial charge in [0.2, 0.25) is 11.8 Å². The Balaban J connectivity index is 0.000000481. The van der Waals surface area contributed by atoms with Crippen LogP contribution in [0.25, 0.3) is 0 Å². The minimum Gasteiger partial charge on any atom is -0.469 e. The number of carbonyl (C=O) groups is 8. The van der Waals surface area contributed by atoms with E-state index in [2.05, 4.69) is 90.8 Å². The third-order valence-electron chi connectivity index (χ3n) is 18.5. The van der Waals surface area contributed by atoms with Crippen LogP contribution in [0.5, 0.6) is 0 Å². The van der Waals surface area contributed by atoms with E-state index >= 15 is 0 Å². The van der Waals surface area contributed by atoms with E-state index in [1.807, 2.05) is 212 Å². The maximum absolute atomic E-state index is 12.2. The quantitative estimate of drug-likeness (QED) is 0.00394. The second kappa shape index (κ2) is 65.8. The molecule has 0 bridgehead atoms. The summed E-state index contributed by atoms with van der Waals surface area (Å²) in [5.74, 6) is 2.55. The van der Waals surface area contributed by atoms with Gasteiger partial charge in [-0.05, 0) is 189 Å². The van der Waals surface area contributed by atoms with Gasteiger partial charge in [-0.2, -0.15) is 0 Å². The number of hydrogen-bond donors (Lipinski definition) is 6. The number of amides is 2. The molecule has 0 aliphatic rings. The van der Waals surface area contributed by atoms with Gasteiger partial charge in [0, 0.05) is 50.8 Å². The summed E-state index contributed by atoms with van der Waals surface area (Å²) >= 11 is 0. The molecule has 8 aromatic rings. The maximum Gasteiger partial charge on any atom is 0.320 e. The highest BCUT2D eigenvalue weighted by Crippen LogP contribution is 2.26. The maximum atomic E-state index is 12.2. The molecule has 116 heavy (non-hydrogen) atoms. The molecule has 0 fully saturated rings. The Kier molecular flexibility index (Phi) is 57.0. The lowest BCUT2D eigenvalue weighted by Crippen LogP contribution is -2.29. The Bertz CT molecular complexity index is 3990. The molecule has 8 rings (SSSR count). The van der Waals surface area contributed by atoms with Gasteiger partial charge in [0.15, 0.2) is 11.7 Å². The molecule has 620 valence electrons. The van der Waals surface area contributed by atoms with E-state index in [4.69, 9.17) is 29.7 Å². The summed E-state index contributed by atoms with van der Waals surface area (Å²) in [4.78, 5) is 92.5. The topological polar surface area (TPSA) is 284 Å². The molecule has 7 N–H and O–H groups in total. The highest BCUT2D eigenvalue weighted by Gasteiger charge is 2.31. The van der Waals surface area contributed by atoms with E-state index in [0.717, 1.165) is 106 Å². The minimum absolute atomic E-state index is 0.0997. The largest absolute Gasteiger partial charge is 0.469 e. The molecule has 0 saturated carbocycles. The molecule has 0 radical (unpaired) electrons. The number of allylic oxidation sites excluding steroid dienone is 5. The predicted molar refractivity (Wildman–Crippen MR) is 463 cm³/mol. The number of ether oxygens (including phenoxy) is 4. The number of anilines is 1. The average Bonchev–Trinajstić information content (AvgIpc) is 0.872. The fourth-order valence-corrected chi connectivity index (χ4v) is 12.5. The van der Waals surface area contributed by atoms with E-state index in [9.17, 15) is 38.4 Å². The predicted octanol–water partition coefficient (Wildman–Crippen LogP) is 18.4. The van der Waals surface area contributed by atoms with Gasteiger partial charge in [0.1, 0.15) is 5.78 Å². The van der Waals surface area contributed by atoms with Crippen molar-refractivity contribution >= 4 is 52.9 Å². The number of aliphatic hydroxyl groups excluding tert-OH is 1. The van der Waals surface area contributed by atoms with Crippen LogP contribution in [0.2, 0.25) is 0 Å². The summed E-state index contributed by atoms with van der Waals surface area (Å²) in [5.41, 5.74) is 10.8. The Morgan fingerprint density at radius 2 is 0.733 bits per heavy atom. The molecule has 18 nitrogen and oxygen atoms in total. The number of esters is 4. The van der Waals surface area contributed by atoms with Crippen molar-refractivity contribution in [2.75, 3.05) is 40.4 Å². The van der Waals surface area contributed by atoms with Crippen molar-refractivity contribution in [2.45, 2.75) is 135 Å². The van der Waals surface area contributed by atoms with E-state index in [1.165, 1.54) is 56.8 Å². The third-order valence-corrected chi connectivity index (χ3v) is 18.5. The first-order chi connectivity index (χ1) is 56.4. The molecule has 0 spiro atoms. The van der Waals surface area contributed by atoms with Gasteiger partial charge >= 0.3 is 23.9 Å². The van der Waals surface area contributed by atoms with Gasteiger partial charge in [0.25, 0.3) is 0 Å². The third kappa shape index (κ3) is 49.2. The van der Waals surface area contributed by atoms with Gasteiger partial charge in [-0.3, -0.25) is 43.6 Å². The summed E-state index contributed by atoms with van der Waals surface area (Å²) in [7, 11) is 5.40. The fraction of sp³-hybridized carbons (Fsp3) is 0.327. The van der Waals surface area contributed by atoms with Crippen molar-refractivity contribution in [1.29, 1.82) is 0 Å². The molecule has 0 aliphatic carbocycles. The van der Waals surface area contributed by atoms with Crippen LogP contribution >= 0.6 is 0 Å². The number of methoxy groups -OCH3 is 4. The number of para-hydroxylation sites is 1. The second-order valence-electron chi connectivity index (χ2n) is 27.6. The van der Waals surface area contributed by atoms with Crippen LogP contribution in [0.15, 0.2) is 305 Å². The number of hydroxylamine groups is 1. The first kappa shape index (κ1) is 101. The Labute approximate surface area is 688 Å². The van der Waals surface area contributed by atoms with Crippen molar-refractivity contribution in [1.82, 2.24) is 5.48 Å².